The molecule has 492 valence electrons. The molecular weight excluding hydrogens is 1140 g/mol. The SMILES string of the molecule is C#Cc1ccc2c(c1)C(=O)N(C)C2=O.CC.CC.CC.CC.CC.CC.CC1C2C=CC1C1C(=O)N(C)C(=O)C21.CN1C(=O)C2C(C1=O)C1(C)C=CC2(C)O1.CN1C(=O)C2C3C=CC(C3)C2C1=O.CN1C(=O)C2C3C=CC(C3)C2C1=O.CN1C(=O)C=CC1=O.[3H]C. The highest BCUT2D eigenvalue weighted by molar-refractivity contribution is 6.21. The zero-order chi connectivity index (χ0) is 69.8. The number of nitrogens with zero attached hydrogens (tertiary/aromatic N) is 6. The fourth-order valence-corrected chi connectivity index (χ4v) is 14.6. The number of amides is 12. The molecule has 6 aliphatic carbocycles. The number of rotatable bonds is 0. The van der Waals surface area contributed by atoms with Crippen LogP contribution >= 0.6 is 0 Å². The van der Waals surface area contributed by atoms with Crippen molar-refractivity contribution >= 4 is 70.9 Å². The summed E-state index contributed by atoms with van der Waals surface area (Å²) < 4.78 is 11.6. The van der Waals surface area contributed by atoms with E-state index in [0.29, 0.717) is 58.1 Å². The normalized spacial score (nSPS) is 34.0. The Morgan fingerprint density at radius 1 is 0.444 bits per heavy atom. The molecule has 0 N–H and O–H groups in total. The second-order valence-corrected chi connectivity index (χ2v) is 22.8. The highest BCUT2D eigenvalue weighted by Crippen LogP contribution is 2.58. The molecule has 14 aliphatic rings. The van der Waals surface area contributed by atoms with E-state index in [1.807, 2.05) is 109 Å². The summed E-state index contributed by atoms with van der Waals surface area (Å²) >= 11 is 0. The van der Waals surface area contributed by atoms with E-state index in [4.69, 9.17) is 12.5 Å². The van der Waals surface area contributed by atoms with E-state index in [1.165, 1.54) is 53.2 Å². The Balaban J connectivity index is 0.000000276. The number of terminal acetylenes is 1. The molecule has 3 saturated carbocycles. The third kappa shape index (κ3) is 13.1. The van der Waals surface area contributed by atoms with Crippen LogP contribution in [-0.4, -0.2) is 154 Å². The number of likely N-dealkylation sites (N-methyl/N-ethyl adjacent to an activating group) is 1. The van der Waals surface area contributed by atoms with Crippen LogP contribution < -0.4 is 0 Å². The second kappa shape index (κ2) is 31.3. The quantitative estimate of drug-likeness (QED) is 0.134. The van der Waals surface area contributed by atoms with Crippen LogP contribution in [-0.2, 0) is 52.7 Å². The van der Waals surface area contributed by atoms with Crippen molar-refractivity contribution in [3.05, 3.63) is 95.6 Å². The number of likely N-dealkylation sites (tertiary alicyclic amines) is 4. The van der Waals surface area contributed by atoms with Gasteiger partial charge in [0.05, 0.1) is 69.7 Å². The molecule has 8 aliphatic heterocycles. The molecule has 12 amide bonds. The first-order chi connectivity index (χ1) is 43.3. The predicted octanol–water partition coefficient (Wildman–Crippen LogP) is 9.08. The van der Waals surface area contributed by atoms with Gasteiger partial charge in [-0.05, 0) is 86.3 Å². The lowest BCUT2D eigenvalue weighted by Gasteiger charge is -2.23. The zero-order valence-corrected chi connectivity index (χ0v) is 57.1. The van der Waals surface area contributed by atoms with Crippen LogP contribution in [0, 0.1) is 101 Å². The molecule has 8 fully saturated rings. The Labute approximate surface area is 536 Å². The smallest absolute Gasteiger partial charge is 0.261 e. The summed E-state index contributed by atoms with van der Waals surface area (Å²) in [7, 11) is 10.5. The Kier molecular flexibility index (Phi) is 26.0. The Hall–Kier alpha value is -7.72. The van der Waals surface area contributed by atoms with Gasteiger partial charge in [0.2, 0.25) is 47.3 Å². The van der Waals surface area contributed by atoms with E-state index < -0.39 is 11.2 Å². The van der Waals surface area contributed by atoms with E-state index in [2.05, 4.69) is 49.3 Å². The monoisotopic (exact) mass is 1250 g/mol. The minimum absolute atomic E-state index is 0.0208. The molecule has 0 radical (unpaired) electrons. The van der Waals surface area contributed by atoms with Crippen LogP contribution in [0.3, 0.4) is 0 Å². The predicted molar refractivity (Wildman–Crippen MR) is 345 cm³/mol. The zero-order valence-electron chi connectivity index (χ0n) is 58.1. The van der Waals surface area contributed by atoms with E-state index in [1.54, 1.807) is 46.4 Å². The first-order valence-electron chi connectivity index (χ1n) is 32.9. The molecule has 16 atom stereocenters. The molecule has 90 heavy (non-hydrogen) atoms. The molecule has 8 heterocycles. The lowest BCUT2D eigenvalue weighted by Crippen LogP contribution is -2.37. The number of benzene rings is 1. The van der Waals surface area contributed by atoms with Crippen LogP contribution in [0.2, 0.25) is 0 Å². The minimum atomic E-state index is -0.586. The van der Waals surface area contributed by atoms with Crippen molar-refractivity contribution < 1.29 is 63.6 Å². The number of carbonyl (C=O) groups is 12. The molecule has 0 aromatic heterocycles. The first-order valence-corrected chi connectivity index (χ1v) is 31.9. The summed E-state index contributed by atoms with van der Waals surface area (Å²) in [5.41, 5.74) is 0.262. The van der Waals surface area contributed by atoms with Gasteiger partial charge in [-0.15, -0.1) is 6.42 Å². The molecule has 15 rings (SSSR count). The topological polar surface area (TPSA) is 234 Å². The van der Waals surface area contributed by atoms with Gasteiger partial charge in [0.1, 0.15) is 0 Å². The summed E-state index contributed by atoms with van der Waals surface area (Å²) in [6.45, 7) is 29.9. The van der Waals surface area contributed by atoms with Gasteiger partial charge >= 0.3 is 0 Å². The van der Waals surface area contributed by atoms with Gasteiger partial charge in [0.15, 0.2) is 0 Å². The summed E-state index contributed by atoms with van der Waals surface area (Å²) in [4.78, 5) is 145. The van der Waals surface area contributed by atoms with Crippen molar-refractivity contribution in [2.24, 2.45) is 88.8 Å². The Morgan fingerprint density at radius 3 is 1.04 bits per heavy atom. The minimum Gasteiger partial charge on any atom is -0.359 e. The van der Waals surface area contributed by atoms with Gasteiger partial charge in [-0.1, -0.05) is 152 Å². The van der Waals surface area contributed by atoms with Crippen molar-refractivity contribution in [1.82, 2.24) is 29.4 Å². The van der Waals surface area contributed by atoms with Gasteiger partial charge in [-0.3, -0.25) is 86.9 Å². The Bertz CT molecular complexity index is 2950. The largest absolute Gasteiger partial charge is 0.359 e. The Morgan fingerprint density at radius 2 is 0.744 bits per heavy atom. The fraction of sp³-hybridized carbons (Fsp3) is 0.577. The summed E-state index contributed by atoms with van der Waals surface area (Å²) in [6.07, 6.45) is 26.2. The highest BCUT2D eigenvalue weighted by atomic mass is 16.5. The lowest BCUT2D eigenvalue weighted by atomic mass is 9.73. The maximum atomic E-state index is 11.9. The van der Waals surface area contributed by atoms with Crippen molar-refractivity contribution in [2.45, 2.75) is 135 Å². The summed E-state index contributed by atoms with van der Waals surface area (Å²) in [5.74, 6) is 3.01. The van der Waals surface area contributed by atoms with Gasteiger partial charge < -0.3 is 4.74 Å². The molecular formula is C71H100N6O13. The number of allylic oxidation sites excluding steroid dienone is 6. The number of carbonyl (C=O) groups excluding carboxylic acids is 12. The standard InChI is InChI=1S/C11H13NO3.C11H13NO2.C11H7NO2.2C10H11NO2.C5H5NO2.6C2H6.CH4/c1-10-4-5-11(2,15-10)7-6(10)8(13)12(3)9(7)14;1-5-6-3-4-7(5)9-8(6)10(13)12(2)11(9)14;1-3-7-4-5-8-9(6-7)11(14)12(2)10(8)13;2*1-11-9(12)7-5-2-3-6(4-5)8(7)10(11)13;1-6-4(7)2-3-5(6)8;6*1-2;/h4-7H,1-3H3;3-9H,1-2H3;1,4-6H,2H3;2*2-3,5-8H,4H2,1H3;2-3H,1H3;6*1-2H3;1H4/i;;;;;;;;;;;;1T. The molecule has 1 aromatic rings. The summed E-state index contributed by atoms with van der Waals surface area (Å²) in [6, 6.07) is 4.82. The molecule has 19 heteroatoms. The molecule has 0 spiro atoms. The first kappa shape index (κ1) is 74.7. The molecule has 16 unspecified atom stereocenters. The average Bonchev–Trinajstić information content (AvgIpc) is 1.55. The van der Waals surface area contributed by atoms with Crippen LogP contribution in [0.1, 0.15) is 152 Å². The molecule has 19 nitrogen and oxygen atoms in total. The van der Waals surface area contributed by atoms with Crippen LogP contribution in [0.4, 0.5) is 0 Å². The third-order valence-electron chi connectivity index (χ3n) is 18.8. The number of fused-ring (bicyclic) bond motifs is 21. The average molecular weight is 1250 g/mol. The number of imide groups is 6. The maximum absolute atomic E-state index is 11.9. The van der Waals surface area contributed by atoms with Crippen molar-refractivity contribution in [1.29, 1.82) is 0 Å². The van der Waals surface area contributed by atoms with Gasteiger partial charge in [0.25, 0.3) is 23.6 Å². The number of ether oxygens (including phenoxy) is 1. The van der Waals surface area contributed by atoms with Crippen molar-refractivity contribution in [2.75, 3.05) is 42.3 Å². The number of hydrogen-bond acceptors (Lipinski definition) is 13. The van der Waals surface area contributed by atoms with E-state index in [-0.39, 0.29) is 118 Å². The van der Waals surface area contributed by atoms with E-state index in [9.17, 15) is 57.5 Å². The van der Waals surface area contributed by atoms with Crippen LogP contribution in [0.15, 0.2) is 79.0 Å². The third-order valence-corrected chi connectivity index (χ3v) is 18.8. The number of hydrogen-bond donors (Lipinski definition) is 0. The molecule has 8 bridgehead atoms. The molecule has 5 saturated heterocycles. The van der Waals surface area contributed by atoms with Gasteiger partial charge in [-0.2, -0.15) is 0 Å². The van der Waals surface area contributed by atoms with Crippen LogP contribution in [0.5, 0.6) is 0 Å². The van der Waals surface area contributed by atoms with E-state index >= 15 is 0 Å². The van der Waals surface area contributed by atoms with E-state index in [0.717, 1.165) is 22.6 Å². The maximum Gasteiger partial charge on any atom is 0.261 e. The van der Waals surface area contributed by atoms with Gasteiger partial charge in [-0.25, -0.2) is 0 Å². The van der Waals surface area contributed by atoms with Crippen molar-refractivity contribution in [3.8, 4) is 12.3 Å². The van der Waals surface area contributed by atoms with Gasteiger partial charge in [0, 0.05) is 61.4 Å². The van der Waals surface area contributed by atoms with Crippen molar-refractivity contribution in [3.63, 3.8) is 0 Å². The highest BCUT2D eigenvalue weighted by Gasteiger charge is 2.70. The summed E-state index contributed by atoms with van der Waals surface area (Å²) in [5, 5.41) is 0. The molecule has 1 aromatic carbocycles. The lowest BCUT2D eigenvalue weighted by molar-refractivity contribution is -0.145. The van der Waals surface area contributed by atoms with Crippen LogP contribution in [0.25, 0.3) is 0 Å². The second-order valence-electron chi connectivity index (χ2n) is 22.8. The fourth-order valence-electron chi connectivity index (χ4n) is 14.6.